The van der Waals surface area contributed by atoms with Crippen LogP contribution in [0.15, 0.2) is 60.7 Å². The summed E-state index contributed by atoms with van der Waals surface area (Å²) in [7, 11) is 0. The molecule has 0 aliphatic carbocycles. The van der Waals surface area contributed by atoms with Crippen LogP contribution in [0.4, 0.5) is 19.3 Å². The van der Waals surface area contributed by atoms with Gasteiger partial charge in [-0.25, -0.2) is 19.0 Å². The largest absolute Gasteiger partial charge is 0.481 e. The van der Waals surface area contributed by atoms with Gasteiger partial charge < -0.3 is 10.1 Å². The molecule has 0 saturated heterocycles. The maximum atomic E-state index is 13.5. The van der Waals surface area contributed by atoms with E-state index < -0.39 is 29.7 Å². The zero-order valence-electron chi connectivity index (χ0n) is 14.8. The van der Waals surface area contributed by atoms with Gasteiger partial charge in [-0.1, -0.05) is 30.3 Å². The molecule has 144 valence electrons. The lowest BCUT2D eigenvalue weighted by atomic mass is 10.1. The summed E-state index contributed by atoms with van der Waals surface area (Å²) in [6.45, 7) is 1.52. The van der Waals surface area contributed by atoms with Crippen LogP contribution in [-0.4, -0.2) is 18.0 Å². The molecule has 0 unspecified atom stereocenters. The van der Waals surface area contributed by atoms with Gasteiger partial charge >= 0.3 is 6.03 Å². The Kier molecular flexibility index (Phi) is 5.69. The molecule has 0 aromatic heterocycles. The summed E-state index contributed by atoms with van der Waals surface area (Å²) in [5.74, 6) is -1.81. The van der Waals surface area contributed by atoms with Crippen LogP contribution < -0.4 is 20.9 Å². The maximum absolute atomic E-state index is 13.5. The highest BCUT2D eigenvalue weighted by atomic mass is 19.1. The first-order valence-corrected chi connectivity index (χ1v) is 8.40. The number of hydrazine groups is 1. The second-order valence-corrected chi connectivity index (χ2v) is 5.96. The maximum Gasteiger partial charge on any atom is 0.338 e. The molecule has 0 heterocycles. The normalized spacial score (nSPS) is 11.5. The number of carbonyl (C=O) groups is 2. The van der Waals surface area contributed by atoms with Crippen molar-refractivity contribution in [3.05, 3.63) is 72.3 Å². The summed E-state index contributed by atoms with van der Waals surface area (Å²) in [4.78, 5) is 23.8. The predicted molar refractivity (Wildman–Crippen MR) is 101 cm³/mol. The van der Waals surface area contributed by atoms with E-state index in [9.17, 15) is 18.4 Å². The fourth-order valence-corrected chi connectivity index (χ4v) is 2.46. The van der Waals surface area contributed by atoms with Gasteiger partial charge in [-0.3, -0.25) is 10.2 Å². The molecule has 1 atom stereocenters. The molecular weight excluding hydrogens is 368 g/mol. The molecular formula is C20H17F2N3O3. The van der Waals surface area contributed by atoms with Crippen molar-refractivity contribution in [1.29, 1.82) is 0 Å². The summed E-state index contributed by atoms with van der Waals surface area (Å²) >= 11 is 0. The Bertz CT molecular complexity index is 1030. The Morgan fingerprint density at radius 1 is 0.929 bits per heavy atom. The minimum atomic E-state index is -0.936. The zero-order valence-corrected chi connectivity index (χ0v) is 14.8. The van der Waals surface area contributed by atoms with Gasteiger partial charge in [0.2, 0.25) is 0 Å². The molecule has 3 aromatic rings. The minimum Gasteiger partial charge on any atom is -0.481 e. The number of hydrogen-bond donors (Lipinski definition) is 3. The van der Waals surface area contributed by atoms with E-state index in [1.807, 2.05) is 30.3 Å². The Morgan fingerprint density at radius 2 is 1.68 bits per heavy atom. The molecule has 3 aromatic carbocycles. The standard InChI is InChI=1S/C20H17F2N3O3/c1-12(28-16-8-6-13-4-2-3-5-14(13)10-16)19(26)24-25-20(27)23-18-9-7-15(21)11-17(18)22/h2-12H,1H3,(H,24,26)(H2,23,25,27)/t12-/m1/s1. The third kappa shape index (κ3) is 4.73. The van der Waals surface area contributed by atoms with Crippen molar-refractivity contribution in [3.63, 3.8) is 0 Å². The first-order valence-electron chi connectivity index (χ1n) is 8.40. The Labute approximate surface area is 159 Å². The number of nitrogens with one attached hydrogen (secondary N) is 3. The van der Waals surface area contributed by atoms with E-state index >= 15 is 0 Å². The summed E-state index contributed by atoms with van der Waals surface area (Å²) in [6, 6.07) is 14.9. The van der Waals surface area contributed by atoms with Gasteiger partial charge in [-0.15, -0.1) is 0 Å². The smallest absolute Gasteiger partial charge is 0.338 e. The van der Waals surface area contributed by atoms with Crippen molar-refractivity contribution in [2.75, 3.05) is 5.32 Å². The third-order valence-electron chi connectivity index (χ3n) is 3.88. The molecule has 3 amide bonds. The molecule has 8 heteroatoms. The van der Waals surface area contributed by atoms with Crippen molar-refractivity contribution in [3.8, 4) is 5.75 Å². The molecule has 3 rings (SSSR count). The van der Waals surface area contributed by atoms with Crippen LogP contribution >= 0.6 is 0 Å². The number of benzene rings is 3. The molecule has 0 bridgehead atoms. The zero-order chi connectivity index (χ0) is 20.1. The molecule has 6 nitrogen and oxygen atoms in total. The van der Waals surface area contributed by atoms with Gasteiger partial charge in [0.25, 0.3) is 5.91 Å². The van der Waals surface area contributed by atoms with Crippen molar-refractivity contribution in [2.45, 2.75) is 13.0 Å². The van der Waals surface area contributed by atoms with E-state index in [0.29, 0.717) is 11.8 Å². The second-order valence-electron chi connectivity index (χ2n) is 5.96. The fourth-order valence-electron chi connectivity index (χ4n) is 2.46. The summed E-state index contributed by atoms with van der Waals surface area (Å²) in [5.41, 5.74) is 4.02. The van der Waals surface area contributed by atoms with Gasteiger partial charge in [0, 0.05) is 6.07 Å². The first kappa shape index (κ1) is 19.1. The van der Waals surface area contributed by atoms with Crippen LogP contribution in [0, 0.1) is 11.6 Å². The number of hydrogen-bond acceptors (Lipinski definition) is 3. The Morgan fingerprint density at radius 3 is 2.43 bits per heavy atom. The number of halogens is 2. The monoisotopic (exact) mass is 385 g/mol. The van der Waals surface area contributed by atoms with Crippen LogP contribution in [0.1, 0.15) is 6.92 Å². The minimum absolute atomic E-state index is 0.228. The number of urea groups is 1. The highest BCUT2D eigenvalue weighted by molar-refractivity contribution is 5.91. The van der Waals surface area contributed by atoms with E-state index in [2.05, 4.69) is 16.2 Å². The summed E-state index contributed by atoms with van der Waals surface area (Å²) < 4.78 is 31.9. The van der Waals surface area contributed by atoms with Crippen LogP contribution in [0.5, 0.6) is 5.75 Å². The van der Waals surface area contributed by atoms with Crippen LogP contribution in [0.25, 0.3) is 10.8 Å². The van der Waals surface area contributed by atoms with Gasteiger partial charge in [0.15, 0.2) is 6.10 Å². The predicted octanol–water partition coefficient (Wildman–Crippen LogP) is 3.74. The average Bonchev–Trinajstić information content (AvgIpc) is 2.68. The molecule has 0 aliphatic heterocycles. The fraction of sp³-hybridized carbons (Fsp3) is 0.100. The number of amides is 3. The first-order chi connectivity index (χ1) is 13.4. The number of rotatable bonds is 4. The second kappa shape index (κ2) is 8.34. The van der Waals surface area contributed by atoms with E-state index in [-0.39, 0.29) is 5.69 Å². The Balaban J connectivity index is 1.52. The lowest BCUT2D eigenvalue weighted by Crippen LogP contribution is -2.48. The topological polar surface area (TPSA) is 79.5 Å². The third-order valence-corrected chi connectivity index (χ3v) is 3.88. The van der Waals surface area contributed by atoms with E-state index in [0.717, 1.165) is 22.9 Å². The van der Waals surface area contributed by atoms with Crippen LogP contribution in [0.2, 0.25) is 0 Å². The van der Waals surface area contributed by atoms with Crippen molar-refractivity contribution in [2.24, 2.45) is 0 Å². The number of anilines is 1. The van der Waals surface area contributed by atoms with Gasteiger partial charge in [-0.05, 0) is 42.0 Å². The quantitative estimate of drug-likeness (QED) is 0.599. The Hall–Kier alpha value is -3.68. The lowest BCUT2D eigenvalue weighted by molar-refractivity contribution is -0.127. The molecule has 0 spiro atoms. The lowest BCUT2D eigenvalue weighted by Gasteiger charge is -2.16. The van der Waals surface area contributed by atoms with E-state index in [1.165, 1.54) is 6.92 Å². The van der Waals surface area contributed by atoms with Gasteiger partial charge in [0.1, 0.15) is 17.4 Å². The van der Waals surface area contributed by atoms with Crippen LogP contribution in [-0.2, 0) is 4.79 Å². The molecule has 0 fully saturated rings. The van der Waals surface area contributed by atoms with E-state index in [4.69, 9.17) is 4.74 Å². The van der Waals surface area contributed by atoms with Crippen molar-refractivity contribution in [1.82, 2.24) is 10.9 Å². The molecule has 28 heavy (non-hydrogen) atoms. The molecule has 3 N–H and O–H groups in total. The SMILES string of the molecule is C[C@@H](Oc1ccc2ccccc2c1)C(=O)NNC(=O)Nc1ccc(F)cc1F. The highest BCUT2D eigenvalue weighted by Gasteiger charge is 2.16. The van der Waals surface area contributed by atoms with Gasteiger partial charge in [0.05, 0.1) is 5.69 Å². The highest BCUT2D eigenvalue weighted by Crippen LogP contribution is 2.21. The number of fused-ring (bicyclic) bond motifs is 1. The van der Waals surface area contributed by atoms with Gasteiger partial charge in [-0.2, -0.15) is 0 Å². The van der Waals surface area contributed by atoms with Crippen molar-refractivity contribution < 1.29 is 23.1 Å². The average molecular weight is 385 g/mol. The molecule has 0 radical (unpaired) electrons. The van der Waals surface area contributed by atoms with Crippen LogP contribution in [0.3, 0.4) is 0 Å². The number of carbonyl (C=O) groups excluding carboxylic acids is 2. The molecule has 0 aliphatic rings. The molecule has 0 saturated carbocycles. The summed E-state index contributed by atoms with van der Waals surface area (Å²) in [5, 5.41) is 4.16. The summed E-state index contributed by atoms with van der Waals surface area (Å²) in [6.07, 6.45) is -0.899. The number of ether oxygens (including phenoxy) is 1. The van der Waals surface area contributed by atoms with Crippen molar-refractivity contribution >= 4 is 28.4 Å². The van der Waals surface area contributed by atoms with E-state index in [1.54, 1.807) is 12.1 Å².